The average Bonchev–Trinajstić information content (AvgIpc) is 3.19. The molecule has 150 valence electrons. The molecular formula is C21H19F2N3O3. The summed E-state index contributed by atoms with van der Waals surface area (Å²) in [5, 5.41) is 14.8. The number of hydrogen-bond acceptors (Lipinski definition) is 3. The van der Waals surface area contributed by atoms with Gasteiger partial charge in [0.05, 0.1) is 11.2 Å². The second-order valence-electron chi connectivity index (χ2n) is 6.97. The van der Waals surface area contributed by atoms with Gasteiger partial charge in [0.1, 0.15) is 18.0 Å². The van der Waals surface area contributed by atoms with Gasteiger partial charge in [-0.1, -0.05) is 40.9 Å². The number of nitrogens with one attached hydrogen (secondary N) is 2. The molecule has 1 saturated heterocycles. The fourth-order valence-electron chi connectivity index (χ4n) is 3.71. The molecule has 0 radical (unpaired) electrons. The fourth-order valence-corrected chi connectivity index (χ4v) is 3.71. The van der Waals surface area contributed by atoms with Crippen LogP contribution in [0.1, 0.15) is 12.0 Å². The van der Waals surface area contributed by atoms with Gasteiger partial charge in [-0.3, -0.25) is 9.59 Å². The molecule has 3 N–H and O–H groups in total. The zero-order valence-electron chi connectivity index (χ0n) is 15.4. The van der Waals surface area contributed by atoms with E-state index in [1.807, 2.05) is 0 Å². The third kappa shape index (κ3) is 3.47. The summed E-state index contributed by atoms with van der Waals surface area (Å²) in [4.78, 5) is 24.5. The molecule has 2 heterocycles. The average molecular weight is 399 g/mol. The number of aliphatic hydroxyl groups excluding tert-OH is 1. The van der Waals surface area contributed by atoms with Crippen molar-refractivity contribution in [3.63, 3.8) is 0 Å². The van der Waals surface area contributed by atoms with E-state index in [0.717, 1.165) is 0 Å². The minimum Gasteiger partial charge on any atom is -0.389 e. The molecule has 1 aliphatic rings. The quantitative estimate of drug-likeness (QED) is 0.614. The Morgan fingerprint density at radius 1 is 1.21 bits per heavy atom. The number of carbonyl (C=O) groups is 2. The van der Waals surface area contributed by atoms with Gasteiger partial charge in [-0.25, -0.2) is 4.39 Å². The first-order chi connectivity index (χ1) is 14.0. The highest BCUT2D eigenvalue weighted by Crippen LogP contribution is 2.36. The summed E-state index contributed by atoms with van der Waals surface area (Å²) in [6, 6.07) is 11.9. The predicted octanol–water partition coefficient (Wildman–Crippen LogP) is 2.09. The Morgan fingerprint density at radius 3 is 2.66 bits per heavy atom. The summed E-state index contributed by atoms with van der Waals surface area (Å²) in [5.41, 5.74) is 1.21. The molecule has 0 unspecified atom stereocenters. The van der Waals surface area contributed by atoms with Crippen molar-refractivity contribution in [2.45, 2.75) is 25.0 Å². The first kappa shape index (κ1) is 19.1. The number of nitrogens with zero attached hydrogens (tertiary/aromatic N) is 1. The Morgan fingerprint density at radius 2 is 1.97 bits per heavy atom. The van der Waals surface area contributed by atoms with E-state index < -0.39 is 29.8 Å². The molecule has 0 aliphatic carbocycles. The lowest BCUT2D eigenvalue weighted by atomic mass is 10.0. The van der Waals surface area contributed by atoms with E-state index in [1.165, 1.54) is 18.2 Å². The number of β-amino-alcohol motifs (C(OH)–C–C–N with tert-alkyl or cyclic N) is 1. The van der Waals surface area contributed by atoms with Gasteiger partial charge in [-0.15, -0.1) is 0 Å². The lowest BCUT2D eigenvalue weighted by Gasteiger charge is -2.14. The molecule has 1 aliphatic heterocycles. The van der Waals surface area contributed by atoms with Crippen molar-refractivity contribution >= 4 is 22.7 Å². The molecule has 8 heteroatoms. The molecule has 1 fully saturated rings. The van der Waals surface area contributed by atoms with Crippen LogP contribution in [0.5, 0.6) is 0 Å². The Bertz CT molecular complexity index is 1080. The molecule has 6 nitrogen and oxygen atoms in total. The van der Waals surface area contributed by atoms with Crippen LogP contribution >= 0.6 is 0 Å². The highest BCUT2D eigenvalue weighted by atomic mass is 19.2. The molecule has 2 aromatic carbocycles. The monoisotopic (exact) mass is 399 g/mol. The van der Waals surface area contributed by atoms with E-state index in [0.29, 0.717) is 15.9 Å². The van der Waals surface area contributed by atoms with Gasteiger partial charge in [0.15, 0.2) is 0 Å². The number of amides is 2. The number of aliphatic hydroxyl groups is 1. The largest absolute Gasteiger partial charge is 0.389 e. The topological polar surface area (TPSA) is 83.4 Å². The molecule has 2 amide bonds. The second kappa shape index (κ2) is 7.63. The number of halogens is 2. The molecule has 29 heavy (non-hydrogen) atoms. The normalized spacial score (nSPS) is 18.8. The van der Waals surface area contributed by atoms with Gasteiger partial charge in [-0.2, -0.15) is 4.79 Å². The van der Waals surface area contributed by atoms with Crippen molar-refractivity contribution in [2.75, 3.05) is 6.54 Å². The molecule has 2 atom stereocenters. The maximum absolute atomic E-state index is 15.1. The lowest BCUT2D eigenvalue weighted by Crippen LogP contribution is -2.45. The predicted molar refractivity (Wildman–Crippen MR) is 103 cm³/mol. The van der Waals surface area contributed by atoms with E-state index in [-0.39, 0.29) is 36.0 Å². The van der Waals surface area contributed by atoms with Crippen LogP contribution in [0.4, 0.5) is 8.87 Å². The molecule has 0 saturated carbocycles. The van der Waals surface area contributed by atoms with Gasteiger partial charge >= 0.3 is 0 Å². The van der Waals surface area contributed by atoms with Gasteiger partial charge in [0, 0.05) is 23.9 Å². The summed E-state index contributed by atoms with van der Waals surface area (Å²) in [6.45, 7) is 0.0719. The number of hydrogen-bond donors (Lipinski definition) is 3. The molecule has 3 aromatic rings. The molecule has 0 spiro atoms. The van der Waals surface area contributed by atoms with Crippen LogP contribution in [0.25, 0.3) is 22.2 Å². The summed E-state index contributed by atoms with van der Waals surface area (Å²) in [6.07, 6.45) is -1.03. The van der Waals surface area contributed by atoms with Crippen molar-refractivity contribution < 1.29 is 23.6 Å². The molecule has 0 bridgehead atoms. The minimum atomic E-state index is -1.02. The van der Waals surface area contributed by atoms with E-state index in [4.69, 9.17) is 0 Å². The summed E-state index contributed by atoms with van der Waals surface area (Å²) >= 11 is 0. The van der Waals surface area contributed by atoms with E-state index >= 15 is 4.48 Å². The van der Waals surface area contributed by atoms with Gasteiger partial charge < -0.3 is 15.7 Å². The number of benzene rings is 2. The first-order valence-corrected chi connectivity index (χ1v) is 9.26. The van der Waals surface area contributed by atoms with Crippen molar-refractivity contribution in [1.82, 2.24) is 15.4 Å². The van der Waals surface area contributed by atoms with Crippen molar-refractivity contribution in [3.8, 4) is 11.3 Å². The van der Waals surface area contributed by atoms with Crippen LogP contribution in [0.2, 0.25) is 0 Å². The fraction of sp³-hybridized carbons (Fsp3) is 0.238. The van der Waals surface area contributed by atoms with E-state index in [2.05, 4.69) is 10.6 Å². The molecule has 4 rings (SSSR count). The number of rotatable bonds is 5. The van der Waals surface area contributed by atoms with Crippen molar-refractivity contribution in [1.29, 1.82) is 0 Å². The Labute approximate surface area is 165 Å². The maximum Gasteiger partial charge on any atom is 0.245 e. The molecule has 1 aromatic heterocycles. The first-order valence-electron chi connectivity index (χ1n) is 9.26. The van der Waals surface area contributed by atoms with Crippen molar-refractivity contribution in [2.24, 2.45) is 0 Å². The summed E-state index contributed by atoms with van der Waals surface area (Å²) in [7, 11) is 0. The van der Waals surface area contributed by atoms with Gasteiger partial charge in [0.2, 0.25) is 11.8 Å². The van der Waals surface area contributed by atoms with Gasteiger partial charge in [0.25, 0.3) is 0 Å². The van der Waals surface area contributed by atoms with E-state index in [1.54, 1.807) is 30.3 Å². The lowest BCUT2D eigenvalue weighted by molar-refractivity contribution is -0.128. The standard InChI is InChI=1S/C21H19F2N3O3/c22-14-7-4-8-15-18(14)13(20(26(15)23)12-5-2-1-3-6-12)9-10-17(28)25-19-16(27)11-24-21(19)29/h1-8,16,19,27H,9-11H2,(H,24,29)(H,25,28)/t16-,19+/m1/s1. The van der Waals surface area contributed by atoms with Crippen LogP contribution in [0, 0.1) is 5.82 Å². The number of fused-ring (bicyclic) bond motifs is 1. The summed E-state index contributed by atoms with van der Waals surface area (Å²) < 4.78 is 29.6. The number of carbonyl (C=O) groups excluding carboxylic acids is 2. The Balaban J connectivity index is 1.66. The third-order valence-corrected chi connectivity index (χ3v) is 5.11. The minimum absolute atomic E-state index is 0.0643. The van der Waals surface area contributed by atoms with E-state index in [9.17, 15) is 19.1 Å². The maximum atomic E-state index is 15.1. The third-order valence-electron chi connectivity index (χ3n) is 5.11. The zero-order valence-corrected chi connectivity index (χ0v) is 15.4. The SMILES string of the molecule is O=C(CCc1c(-c2ccccc2)n(F)c2cccc(F)c12)N[C@@H]1C(=O)NC[C@H]1O. The number of aromatic nitrogens is 1. The Kier molecular flexibility index (Phi) is 5.02. The highest BCUT2D eigenvalue weighted by molar-refractivity contribution is 5.93. The summed E-state index contributed by atoms with van der Waals surface area (Å²) in [5.74, 6) is -1.51. The molecular weight excluding hydrogens is 380 g/mol. The van der Waals surface area contributed by atoms with Crippen LogP contribution in [0.3, 0.4) is 0 Å². The number of aryl methyl sites for hydroxylation is 1. The van der Waals surface area contributed by atoms with Crippen molar-refractivity contribution in [3.05, 3.63) is 59.9 Å². The van der Waals surface area contributed by atoms with Crippen LogP contribution in [-0.4, -0.2) is 40.4 Å². The Hall–Kier alpha value is -3.26. The van der Waals surface area contributed by atoms with Crippen LogP contribution in [-0.2, 0) is 16.0 Å². The van der Waals surface area contributed by atoms with Crippen LogP contribution < -0.4 is 10.6 Å². The highest BCUT2D eigenvalue weighted by Gasteiger charge is 2.34. The smallest absolute Gasteiger partial charge is 0.245 e. The van der Waals surface area contributed by atoms with Crippen LogP contribution in [0.15, 0.2) is 48.5 Å². The zero-order chi connectivity index (χ0) is 20.5. The second-order valence-corrected chi connectivity index (χ2v) is 6.97. The van der Waals surface area contributed by atoms with Gasteiger partial charge in [-0.05, 0) is 24.1 Å².